The first kappa shape index (κ1) is 21.9. The third-order valence-corrected chi connectivity index (χ3v) is 9.30. The number of fused-ring (bicyclic) bond motifs is 3. The zero-order valence-corrected chi connectivity index (χ0v) is 20.6. The number of nitrogens with zero attached hydrogens (tertiary/aromatic N) is 6. The normalized spacial score (nSPS) is 18.7. The van der Waals surface area contributed by atoms with Gasteiger partial charge in [0.05, 0.1) is 32.6 Å². The number of imidazole rings is 1. The van der Waals surface area contributed by atoms with Gasteiger partial charge in [0.2, 0.25) is 0 Å². The molecule has 10 heteroatoms. The summed E-state index contributed by atoms with van der Waals surface area (Å²) in [6.07, 6.45) is 8.46. The van der Waals surface area contributed by atoms with Gasteiger partial charge < -0.3 is 4.57 Å². The summed E-state index contributed by atoms with van der Waals surface area (Å²) in [5, 5.41) is 11.1. The van der Waals surface area contributed by atoms with Crippen LogP contribution in [0.1, 0.15) is 36.7 Å². The number of benzene rings is 1. The molecule has 0 radical (unpaired) electrons. The van der Waals surface area contributed by atoms with E-state index in [0.29, 0.717) is 5.65 Å². The molecule has 0 bridgehead atoms. The van der Waals surface area contributed by atoms with E-state index in [1.54, 1.807) is 54.1 Å². The summed E-state index contributed by atoms with van der Waals surface area (Å²) in [7, 11) is -3.80. The van der Waals surface area contributed by atoms with Crippen molar-refractivity contribution in [3.05, 3.63) is 60.0 Å². The van der Waals surface area contributed by atoms with Crippen LogP contribution in [-0.2, 0) is 10.0 Å². The number of nitriles is 1. The zero-order chi connectivity index (χ0) is 24.2. The van der Waals surface area contributed by atoms with Crippen molar-refractivity contribution < 1.29 is 8.42 Å². The average molecular weight is 503 g/mol. The van der Waals surface area contributed by atoms with Crippen LogP contribution in [0.25, 0.3) is 32.8 Å². The molecular formula is C25H22N6O2S2. The van der Waals surface area contributed by atoms with E-state index in [1.165, 1.54) is 3.97 Å². The topological polar surface area (TPSA) is 106 Å². The van der Waals surface area contributed by atoms with Crippen LogP contribution < -0.4 is 0 Å². The van der Waals surface area contributed by atoms with E-state index in [9.17, 15) is 13.7 Å². The molecule has 4 aromatic heterocycles. The monoisotopic (exact) mass is 502 g/mol. The van der Waals surface area contributed by atoms with Gasteiger partial charge in [0.1, 0.15) is 5.52 Å². The summed E-state index contributed by atoms with van der Waals surface area (Å²) in [4.78, 5) is 15.1. The first-order valence-corrected chi connectivity index (χ1v) is 13.7. The first-order chi connectivity index (χ1) is 17.0. The molecule has 0 atom stereocenters. The lowest BCUT2D eigenvalue weighted by Crippen LogP contribution is -2.18. The number of pyridine rings is 1. The van der Waals surface area contributed by atoms with E-state index in [-0.39, 0.29) is 16.9 Å². The Labute approximate surface area is 206 Å². The molecule has 0 N–H and O–H groups in total. The second kappa shape index (κ2) is 8.29. The molecule has 0 spiro atoms. The number of hydrogen-bond donors (Lipinski definition) is 0. The summed E-state index contributed by atoms with van der Waals surface area (Å²) < 4.78 is 30.3. The highest BCUT2D eigenvalue weighted by molar-refractivity contribution is 7.90. The lowest BCUT2D eigenvalue weighted by Gasteiger charge is -2.27. The average Bonchev–Trinajstić information content (AvgIpc) is 3.60. The molecule has 8 nitrogen and oxygen atoms in total. The van der Waals surface area contributed by atoms with Crippen molar-refractivity contribution in [1.29, 1.82) is 5.26 Å². The van der Waals surface area contributed by atoms with Crippen LogP contribution in [0.2, 0.25) is 0 Å². The maximum absolute atomic E-state index is 13.4. The quantitative estimate of drug-likeness (QED) is 0.330. The van der Waals surface area contributed by atoms with Crippen LogP contribution in [0.3, 0.4) is 0 Å². The molecule has 1 aromatic carbocycles. The van der Waals surface area contributed by atoms with E-state index in [2.05, 4.69) is 20.6 Å². The van der Waals surface area contributed by atoms with Crippen molar-refractivity contribution >= 4 is 43.4 Å². The van der Waals surface area contributed by atoms with Gasteiger partial charge in [-0.15, -0.1) is 11.3 Å². The minimum absolute atomic E-state index is 0.0777. The molecule has 5 aromatic rings. The molecule has 0 saturated heterocycles. The lowest BCUT2D eigenvalue weighted by molar-refractivity contribution is 0.320. The summed E-state index contributed by atoms with van der Waals surface area (Å²) in [5.41, 5.74) is 1.97. The number of hydrogen-bond acceptors (Lipinski definition) is 7. The van der Waals surface area contributed by atoms with Crippen molar-refractivity contribution in [2.24, 2.45) is 5.92 Å². The predicted octanol–water partition coefficient (Wildman–Crippen LogP) is 5.31. The zero-order valence-electron chi connectivity index (χ0n) is 19.0. The first-order valence-electron chi connectivity index (χ1n) is 11.5. The Bertz CT molecular complexity index is 1700. The Balaban J connectivity index is 1.59. The minimum Gasteiger partial charge on any atom is -0.319 e. The van der Waals surface area contributed by atoms with Crippen molar-refractivity contribution in [3.63, 3.8) is 0 Å². The fourth-order valence-corrected chi connectivity index (χ4v) is 7.09. The fourth-order valence-electron chi connectivity index (χ4n) is 5.00. The third-order valence-electron chi connectivity index (χ3n) is 6.71. The van der Waals surface area contributed by atoms with Gasteiger partial charge in [-0.1, -0.05) is 18.2 Å². The van der Waals surface area contributed by atoms with Crippen molar-refractivity contribution in [2.45, 2.75) is 43.5 Å². The van der Waals surface area contributed by atoms with Crippen LogP contribution in [-0.4, -0.2) is 31.9 Å². The number of rotatable bonds is 4. The molecule has 0 aliphatic heterocycles. The van der Waals surface area contributed by atoms with Gasteiger partial charge in [-0.2, -0.15) is 5.26 Å². The Morgan fingerprint density at radius 3 is 2.51 bits per heavy atom. The van der Waals surface area contributed by atoms with Gasteiger partial charge >= 0.3 is 0 Å². The van der Waals surface area contributed by atoms with E-state index >= 15 is 0 Å². The standard InChI is InChI=1S/C25H22N6O2S2/c1-16-27-15-22(34-16)25-29-21-14-28-24-20(23(21)31(25)18-9-7-17(13-26)8-10-18)11-12-30(24)35(32,33)19-5-3-2-4-6-19/h2-6,11-12,14-15,17-18H,7-10H2,1H3. The number of aryl methyl sites for hydroxylation is 1. The maximum atomic E-state index is 13.4. The molecule has 1 aliphatic rings. The maximum Gasteiger partial charge on any atom is 0.269 e. The minimum atomic E-state index is -3.80. The van der Waals surface area contributed by atoms with Crippen LogP contribution in [0.15, 0.2) is 59.9 Å². The Hall–Kier alpha value is -3.55. The molecule has 1 fully saturated rings. The van der Waals surface area contributed by atoms with Gasteiger partial charge in [0.15, 0.2) is 11.5 Å². The van der Waals surface area contributed by atoms with Crippen LogP contribution in [0, 0.1) is 24.2 Å². The van der Waals surface area contributed by atoms with Gasteiger partial charge in [0.25, 0.3) is 10.0 Å². The smallest absolute Gasteiger partial charge is 0.269 e. The highest BCUT2D eigenvalue weighted by Crippen LogP contribution is 2.40. The molecule has 1 aliphatic carbocycles. The van der Waals surface area contributed by atoms with Crippen LogP contribution >= 0.6 is 11.3 Å². The van der Waals surface area contributed by atoms with E-state index < -0.39 is 10.0 Å². The molecule has 0 unspecified atom stereocenters. The molecule has 176 valence electrons. The van der Waals surface area contributed by atoms with Crippen molar-refractivity contribution in [1.82, 2.24) is 23.5 Å². The predicted molar refractivity (Wildman–Crippen MR) is 135 cm³/mol. The summed E-state index contributed by atoms with van der Waals surface area (Å²) in [6, 6.07) is 12.8. The second-order valence-electron chi connectivity index (χ2n) is 8.84. The van der Waals surface area contributed by atoms with Crippen molar-refractivity contribution in [3.8, 4) is 16.8 Å². The third kappa shape index (κ3) is 3.54. The second-order valence-corrected chi connectivity index (χ2v) is 11.9. The molecule has 35 heavy (non-hydrogen) atoms. The van der Waals surface area contributed by atoms with Gasteiger partial charge in [0, 0.05) is 29.7 Å². The highest BCUT2D eigenvalue weighted by atomic mass is 32.2. The highest BCUT2D eigenvalue weighted by Gasteiger charge is 2.29. The Kier molecular flexibility index (Phi) is 5.20. The number of thiazole rings is 1. The van der Waals surface area contributed by atoms with Crippen molar-refractivity contribution in [2.75, 3.05) is 0 Å². The Morgan fingerprint density at radius 1 is 1.06 bits per heavy atom. The van der Waals surface area contributed by atoms with Gasteiger partial charge in [-0.3, -0.25) is 0 Å². The van der Waals surface area contributed by atoms with E-state index in [1.807, 2.05) is 19.2 Å². The summed E-state index contributed by atoms with van der Waals surface area (Å²) in [5.74, 6) is 0.896. The lowest BCUT2D eigenvalue weighted by atomic mass is 9.86. The summed E-state index contributed by atoms with van der Waals surface area (Å²) in [6.45, 7) is 1.97. The summed E-state index contributed by atoms with van der Waals surface area (Å²) >= 11 is 1.58. The van der Waals surface area contributed by atoms with Gasteiger partial charge in [-0.25, -0.2) is 27.3 Å². The van der Waals surface area contributed by atoms with E-state index in [4.69, 9.17) is 4.98 Å². The SMILES string of the molecule is Cc1ncc(-c2nc3cnc4c(ccn4S(=O)(=O)c4ccccc4)c3n2C2CCC(C#N)CC2)s1. The molecule has 1 saturated carbocycles. The van der Waals surface area contributed by atoms with Crippen LogP contribution in [0.4, 0.5) is 0 Å². The molecule has 6 rings (SSSR count). The number of aromatic nitrogens is 5. The van der Waals surface area contributed by atoms with Crippen LogP contribution in [0.5, 0.6) is 0 Å². The fraction of sp³-hybridized carbons (Fsp3) is 0.280. The molecule has 0 amide bonds. The molecular weight excluding hydrogens is 480 g/mol. The molecule has 4 heterocycles. The Morgan fingerprint density at radius 2 is 1.83 bits per heavy atom. The van der Waals surface area contributed by atoms with Gasteiger partial charge in [-0.05, 0) is 50.8 Å². The largest absolute Gasteiger partial charge is 0.319 e. The van der Waals surface area contributed by atoms with E-state index in [0.717, 1.165) is 57.8 Å².